The molecule has 0 radical (unpaired) electrons. The average molecular weight is 372 g/mol. The third-order valence-electron chi connectivity index (χ3n) is 7.07. The molecule has 4 aliphatic carbocycles. The van der Waals surface area contributed by atoms with Crippen LogP contribution in [0.1, 0.15) is 67.9 Å². The molecule has 4 saturated carbocycles. The molecule has 2 N–H and O–H groups in total. The summed E-state index contributed by atoms with van der Waals surface area (Å²) < 4.78 is 0. The fourth-order valence-corrected chi connectivity index (χ4v) is 5.97. The third kappa shape index (κ3) is 3.98. The van der Waals surface area contributed by atoms with Crippen LogP contribution in [0.25, 0.3) is 0 Å². The van der Waals surface area contributed by atoms with Crippen LogP contribution < -0.4 is 10.9 Å². The molecule has 0 aromatic carbocycles. The van der Waals surface area contributed by atoms with Gasteiger partial charge < -0.3 is 15.2 Å². The van der Waals surface area contributed by atoms with Gasteiger partial charge in [-0.1, -0.05) is 13.3 Å². The van der Waals surface area contributed by atoms with Crippen molar-refractivity contribution >= 4 is 5.91 Å². The van der Waals surface area contributed by atoms with E-state index in [4.69, 9.17) is 0 Å². The molecular formula is C22H33N3O2. The van der Waals surface area contributed by atoms with Gasteiger partial charge in [0.05, 0.1) is 0 Å². The van der Waals surface area contributed by atoms with E-state index in [-0.39, 0.29) is 23.1 Å². The number of H-pyrrole nitrogens is 1. The lowest BCUT2D eigenvalue weighted by atomic mass is 9.54. The molecule has 0 saturated heterocycles. The van der Waals surface area contributed by atoms with Crippen molar-refractivity contribution in [3.63, 3.8) is 0 Å². The van der Waals surface area contributed by atoms with Crippen molar-refractivity contribution in [2.24, 2.45) is 23.7 Å². The van der Waals surface area contributed by atoms with Crippen LogP contribution in [0.3, 0.4) is 0 Å². The van der Waals surface area contributed by atoms with Gasteiger partial charge in [0.2, 0.25) is 0 Å². The third-order valence-corrected chi connectivity index (χ3v) is 7.07. The first-order valence-corrected chi connectivity index (χ1v) is 10.7. The van der Waals surface area contributed by atoms with E-state index >= 15 is 0 Å². The predicted octanol–water partition coefficient (Wildman–Crippen LogP) is 3.16. The van der Waals surface area contributed by atoms with Gasteiger partial charge in [-0.25, -0.2) is 0 Å². The molecule has 0 atom stereocenters. The molecule has 1 heterocycles. The maximum atomic E-state index is 12.8. The summed E-state index contributed by atoms with van der Waals surface area (Å²) in [7, 11) is 2.06. The quantitative estimate of drug-likeness (QED) is 0.774. The Hall–Kier alpha value is -1.62. The van der Waals surface area contributed by atoms with E-state index in [0.717, 1.165) is 36.9 Å². The second-order valence-electron chi connectivity index (χ2n) is 9.25. The Morgan fingerprint density at radius 2 is 1.81 bits per heavy atom. The number of rotatable bonds is 7. The molecule has 148 valence electrons. The van der Waals surface area contributed by atoms with Gasteiger partial charge in [-0.3, -0.25) is 9.59 Å². The summed E-state index contributed by atoms with van der Waals surface area (Å²) in [6.07, 6.45) is 8.75. The van der Waals surface area contributed by atoms with Gasteiger partial charge >= 0.3 is 0 Å². The summed E-state index contributed by atoms with van der Waals surface area (Å²) in [6, 6.07) is 3.85. The van der Waals surface area contributed by atoms with E-state index in [9.17, 15) is 9.59 Å². The summed E-state index contributed by atoms with van der Waals surface area (Å²) in [5, 5.41) is 3.24. The fourth-order valence-electron chi connectivity index (χ4n) is 5.97. The molecule has 1 amide bonds. The Labute approximate surface area is 161 Å². The van der Waals surface area contributed by atoms with E-state index < -0.39 is 0 Å². The molecule has 1 aromatic rings. The van der Waals surface area contributed by atoms with Crippen LogP contribution in [0.15, 0.2) is 16.9 Å². The summed E-state index contributed by atoms with van der Waals surface area (Å²) in [4.78, 5) is 30.4. The lowest BCUT2D eigenvalue weighted by molar-refractivity contribution is -0.0119. The van der Waals surface area contributed by atoms with E-state index in [0.29, 0.717) is 18.4 Å². The summed E-state index contributed by atoms with van der Waals surface area (Å²) >= 11 is 0. The molecule has 5 rings (SSSR count). The van der Waals surface area contributed by atoms with Crippen LogP contribution in [0, 0.1) is 23.7 Å². The molecule has 4 fully saturated rings. The van der Waals surface area contributed by atoms with Crippen LogP contribution in [0.5, 0.6) is 0 Å². The molecule has 4 aliphatic rings. The molecule has 5 heteroatoms. The van der Waals surface area contributed by atoms with Crippen LogP contribution in [0.2, 0.25) is 0 Å². The number of nitrogens with one attached hydrogen (secondary N) is 2. The SMILES string of the molecule is CCCCN(C)Cc1ccc(C(=O)NC2C3CC4CC(C3)CC2C4)c(=O)[nH]1. The molecule has 1 aromatic heterocycles. The first kappa shape index (κ1) is 18.7. The zero-order valence-electron chi connectivity index (χ0n) is 16.7. The highest BCUT2D eigenvalue weighted by Gasteiger charge is 2.48. The highest BCUT2D eigenvalue weighted by molar-refractivity contribution is 5.94. The van der Waals surface area contributed by atoms with Gasteiger partial charge in [-0.15, -0.1) is 0 Å². The summed E-state index contributed by atoms with van der Waals surface area (Å²) in [5.74, 6) is 2.81. The minimum atomic E-state index is -0.266. The van der Waals surface area contributed by atoms with Crippen LogP contribution in [-0.2, 0) is 6.54 Å². The number of pyridine rings is 1. The zero-order valence-corrected chi connectivity index (χ0v) is 16.7. The van der Waals surface area contributed by atoms with Crippen LogP contribution in [0.4, 0.5) is 0 Å². The highest BCUT2D eigenvalue weighted by Crippen LogP contribution is 2.53. The first-order chi connectivity index (χ1) is 13.0. The molecule has 5 nitrogen and oxygen atoms in total. The van der Waals surface area contributed by atoms with Crippen molar-refractivity contribution in [3.05, 3.63) is 33.7 Å². The van der Waals surface area contributed by atoms with Crippen molar-refractivity contribution in [3.8, 4) is 0 Å². The largest absolute Gasteiger partial charge is 0.349 e. The van der Waals surface area contributed by atoms with Crippen molar-refractivity contribution in [2.75, 3.05) is 13.6 Å². The molecule has 0 aliphatic heterocycles. The molecular weight excluding hydrogens is 338 g/mol. The Bertz CT molecular complexity index is 713. The van der Waals surface area contributed by atoms with Crippen molar-refractivity contribution in [1.82, 2.24) is 15.2 Å². The molecule has 27 heavy (non-hydrogen) atoms. The number of carbonyl (C=O) groups is 1. The number of unbranched alkanes of at least 4 members (excludes halogenated alkanes) is 1. The van der Waals surface area contributed by atoms with Crippen LogP contribution in [-0.4, -0.2) is 35.4 Å². The van der Waals surface area contributed by atoms with Crippen molar-refractivity contribution in [1.29, 1.82) is 0 Å². The van der Waals surface area contributed by atoms with Gasteiger partial charge in [-0.2, -0.15) is 0 Å². The number of amides is 1. The molecule has 4 bridgehead atoms. The minimum Gasteiger partial charge on any atom is -0.349 e. The normalized spacial score (nSPS) is 31.4. The monoisotopic (exact) mass is 371 g/mol. The lowest BCUT2D eigenvalue weighted by Crippen LogP contribution is -2.56. The van der Waals surface area contributed by atoms with E-state index in [1.165, 1.54) is 32.1 Å². The number of aromatic nitrogens is 1. The first-order valence-electron chi connectivity index (χ1n) is 10.7. The van der Waals surface area contributed by atoms with Gasteiger partial charge in [0.25, 0.3) is 11.5 Å². The second kappa shape index (κ2) is 7.78. The standard InChI is InChI=1S/C22H33N3O2/c1-3-4-7-25(2)13-18-5-6-19(21(26)23-18)22(27)24-20-16-9-14-8-15(11-16)12-17(20)10-14/h5-6,14-17,20H,3-4,7-13H2,1-2H3,(H,23,26)(H,24,27). The van der Waals surface area contributed by atoms with Gasteiger partial charge in [0.1, 0.15) is 5.56 Å². The summed E-state index contributed by atoms with van der Waals surface area (Å²) in [5.41, 5.74) is 0.853. The maximum Gasteiger partial charge on any atom is 0.261 e. The highest BCUT2D eigenvalue weighted by atomic mass is 16.2. The van der Waals surface area contributed by atoms with Crippen molar-refractivity contribution in [2.45, 2.75) is 64.5 Å². The smallest absolute Gasteiger partial charge is 0.261 e. The van der Waals surface area contributed by atoms with Crippen LogP contribution >= 0.6 is 0 Å². The van der Waals surface area contributed by atoms with Gasteiger partial charge in [0.15, 0.2) is 0 Å². The zero-order chi connectivity index (χ0) is 19.0. The Balaban J connectivity index is 1.40. The number of nitrogens with zero attached hydrogens (tertiary/aromatic N) is 1. The Morgan fingerprint density at radius 3 is 2.41 bits per heavy atom. The van der Waals surface area contributed by atoms with Gasteiger partial charge in [-0.05, 0) is 87.9 Å². The number of carbonyl (C=O) groups excluding carboxylic acids is 1. The lowest BCUT2D eigenvalue weighted by Gasteiger charge is -2.54. The topological polar surface area (TPSA) is 65.2 Å². The van der Waals surface area contributed by atoms with Gasteiger partial charge in [0, 0.05) is 18.3 Å². The number of aromatic amines is 1. The second-order valence-corrected chi connectivity index (χ2v) is 9.25. The van der Waals surface area contributed by atoms with E-state index in [2.05, 4.69) is 29.2 Å². The predicted molar refractivity (Wildman–Crippen MR) is 107 cm³/mol. The number of hydrogen-bond donors (Lipinski definition) is 2. The Morgan fingerprint density at radius 1 is 1.15 bits per heavy atom. The number of hydrogen-bond acceptors (Lipinski definition) is 3. The van der Waals surface area contributed by atoms with E-state index in [1.807, 2.05) is 6.07 Å². The molecule has 0 spiro atoms. The van der Waals surface area contributed by atoms with E-state index in [1.54, 1.807) is 6.07 Å². The maximum absolute atomic E-state index is 12.8. The average Bonchev–Trinajstić information content (AvgIpc) is 2.62. The van der Waals surface area contributed by atoms with Crippen molar-refractivity contribution < 1.29 is 4.79 Å². The minimum absolute atomic E-state index is 0.195. The fraction of sp³-hybridized carbons (Fsp3) is 0.727. The molecule has 0 unspecified atom stereocenters. The summed E-state index contributed by atoms with van der Waals surface area (Å²) in [6.45, 7) is 3.88. The Kier molecular flexibility index (Phi) is 5.40.